The Hall–Kier alpha value is -5.14. The van der Waals surface area contributed by atoms with Crippen molar-refractivity contribution in [3.05, 3.63) is 35.9 Å². The highest BCUT2D eigenvalue weighted by Crippen LogP contribution is 2.12. The first-order chi connectivity index (χ1) is 26.7. The molecule has 1 aromatic rings. The number of hydrogen-bond acceptors (Lipinski definition) is 11. The molecule has 0 aliphatic rings. The van der Waals surface area contributed by atoms with Crippen molar-refractivity contribution >= 4 is 47.4 Å². The molecule has 19 nitrogen and oxygen atoms in total. The van der Waals surface area contributed by atoms with Gasteiger partial charge in [0.05, 0.1) is 13.2 Å². The molecule has 0 radical (unpaired) electrons. The van der Waals surface area contributed by atoms with E-state index in [1.165, 1.54) is 0 Å². The van der Waals surface area contributed by atoms with Crippen LogP contribution in [0.25, 0.3) is 0 Å². The van der Waals surface area contributed by atoms with Crippen molar-refractivity contribution in [2.45, 2.75) is 122 Å². The van der Waals surface area contributed by atoms with Gasteiger partial charge in [0.15, 0.2) is 0 Å². The van der Waals surface area contributed by atoms with Crippen molar-refractivity contribution in [2.75, 3.05) is 13.2 Å². The van der Waals surface area contributed by atoms with Crippen molar-refractivity contribution in [1.29, 1.82) is 0 Å². The first-order valence-electron chi connectivity index (χ1n) is 19.0. The van der Waals surface area contributed by atoms with Crippen molar-refractivity contribution in [3.8, 4) is 0 Å². The lowest BCUT2D eigenvalue weighted by molar-refractivity contribution is -0.143. The van der Waals surface area contributed by atoms with Gasteiger partial charge in [-0.25, -0.2) is 4.79 Å². The number of amides is 6. The molecule has 0 heterocycles. The normalized spacial score (nSPS) is 14.9. The monoisotopic (exact) mass is 807 g/mol. The van der Waals surface area contributed by atoms with Gasteiger partial charge in [0.2, 0.25) is 35.4 Å². The third kappa shape index (κ3) is 19.0. The maximum Gasteiger partial charge on any atom is 0.326 e. The van der Waals surface area contributed by atoms with Gasteiger partial charge in [-0.3, -0.25) is 33.6 Å². The third-order valence-electron chi connectivity index (χ3n) is 8.55. The van der Waals surface area contributed by atoms with E-state index >= 15 is 0 Å². The minimum Gasteiger partial charge on any atom is -0.481 e. The molecule has 1 rings (SSSR count). The third-order valence-corrected chi connectivity index (χ3v) is 8.55. The van der Waals surface area contributed by atoms with Crippen LogP contribution < -0.4 is 37.6 Å². The predicted molar refractivity (Wildman–Crippen MR) is 207 cm³/mol. The smallest absolute Gasteiger partial charge is 0.326 e. The second kappa shape index (κ2) is 25.2. The van der Waals surface area contributed by atoms with Crippen molar-refractivity contribution in [2.24, 2.45) is 23.5 Å². The van der Waals surface area contributed by atoms with Gasteiger partial charge in [-0.1, -0.05) is 71.9 Å². The molecule has 0 unspecified atom stereocenters. The highest BCUT2D eigenvalue weighted by Gasteiger charge is 2.34. The van der Waals surface area contributed by atoms with Crippen LogP contribution in [0.2, 0.25) is 0 Å². The van der Waals surface area contributed by atoms with Gasteiger partial charge in [0.1, 0.15) is 42.3 Å². The van der Waals surface area contributed by atoms with Crippen LogP contribution >= 0.6 is 0 Å². The number of aliphatic hydroxyl groups is 2. The van der Waals surface area contributed by atoms with E-state index in [9.17, 15) is 53.7 Å². The summed E-state index contributed by atoms with van der Waals surface area (Å²) in [5.74, 6) is -8.36. The molecule has 0 aromatic heterocycles. The molecule has 0 saturated carbocycles. The first-order valence-corrected chi connectivity index (χ1v) is 19.0. The molecule has 0 bridgehead atoms. The summed E-state index contributed by atoms with van der Waals surface area (Å²) in [5, 5.41) is 52.8. The molecule has 0 aliphatic carbocycles. The van der Waals surface area contributed by atoms with Crippen LogP contribution in [0.4, 0.5) is 0 Å². The highest BCUT2D eigenvalue weighted by atomic mass is 16.4. The molecule has 0 fully saturated rings. The van der Waals surface area contributed by atoms with E-state index in [4.69, 9.17) is 10.8 Å². The Morgan fingerprint density at radius 2 is 0.912 bits per heavy atom. The summed E-state index contributed by atoms with van der Waals surface area (Å²) in [5.41, 5.74) is 6.13. The van der Waals surface area contributed by atoms with Crippen LogP contribution in [0.1, 0.15) is 79.2 Å². The number of carbonyl (C=O) groups is 8. The topological polar surface area (TPSA) is 316 Å². The Kier molecular flexibility index (Phi) is 22.0. The van der Waals surface area contributed by atoms with Crippen molar-refractivity contribution in [1.82, 2.24) is 31.9 Å². The van der Waals surface area contributed by atoms with E-state index in [0.717, 1.165) is 0 Å². The predicted octanol–water partition coefficient (Wildman–Crippen LogP) is -1.46. The number of nitrogens with two attached hydrogens (primary N) is 1. The Labute approximate surface area is 332 Å². The minimum absolute atomic E-state index is 0.0102. The van der Waals surface area contributed by atoms with Crippen LogP contribution in [0.15, 0.2) is 30.3 Å². The van der Waals surface area contributed by atoms with Crippen LogP contribution in [-0.2, 0) is 44.8 Å². The summed E-state index contributed by atoms with van der Waals surface area (Å²) in [6.07, 6.45) is -0.847. The standard InChI is InChI=1S/C38H61N7O12/c1-20(2)14-26(42-37(55)30(19-47)45-32(50)24(39)18-46)34(52)40-25(12-13-31(48)49)33(51)41-27(15-21(3)4)35(53)43-28(17-23-10-8-7-9-11-23)36(54)44-29(38(56)57)16-22(5)6/h7-11,20-22,24-30,46-47H,12-19,39H2,1-6H3,(H,40,52)(H,41,51)(H,42,55)(H,43,53)(H,44,54)(H,45,50)(H,48,49)(H,56,57)/t24-,25-,26-,27-,28-,29-,30-/m0/s1. The van der Waals surface area contributed by atoms with Crippen molar-refractivity contribution < 1.29 is 58.8 Å². The Morgan fingerprint density at radius 3 is 1.35 bits per heavy atom. The Bertz CT molecular complexity index is 1510. The van der Waals surface area contributed by atoms with Gasteiger partial charge in [-0.05, 0) is 49.0 Å². The quantitative estimate of drug-likeness (QED) is 0.0511. The summed E-state index contributed by atoms with van der Waals surface area (Å²) in [4.78, 5) is 104. The van der Waals surface area contributed by atoms with Gasteiger partial charge < -0.3 is 58.1 Å². The van der Waals surface area contributed by atoms with Crippen LogP contribution in [0.5, 0.6) is 0 Å². The number of aliphatic hydroxyl groups excluding tert-OH is 2. The number of nitrogens with one attached hydrogen (secondary N) is 6. The maximum atomic E-state index is 13.9. The molecule has 12 N–H and O–H groups in total. The summed E-state index contributed by atoms with van der Waals surface area (Å²) in [7, 11) is 0. The number of carboxylic acid groups (broad SMARTS) is 2. The molecule has 7 atom stereocenters. The second-order valence-corrected chi connectivity index (χ2v) is 15.2. The zero-order chi connectivity index (χ0) is 43.4. The van der Waals surface area contributed by atoms with Gasteiger partial charge in [-0.2, -0.15) is 0 Å². The van der Waals surface area contributed by atoms with E-state index in [2.05, 4.69) is 31.9 Å². The zero-order valence-electron chi connectivity index (χ0n) is 33.4. The number of carboxylic acids is 2. The number of benzene rings is 1. The molecule has 57 heavy (non-hydrogen) atoms. The maximum absolute atomic E-state index is 13.9. The van der Waals surface area contributed by atoms with Crippen LogP contribution in [-0.4, -0.2) is 123 Å². The van der Waals surface area contributed by atoms with Gasteiger partial charge in [-0.15, -0.1) is 0 Å². The van der Waals surface area contributed by atoms with E-state index in [1.807, 2.05) is 0 Å². The lowest BCUT2D eigenvalue weighted by Crippen LogP contribution is -2.60. The van der Waals surface area contributed by atoms with Crippen LogP contribution in [0.3, 0.4) is 0 Å². The molecule has 0 spiro atoms. The lowest BCUT2D eigenvalue weighted by atomic mass is 9.99. The largest absolute Gasteiger partial charge is 0.481 e. The van der Waals surface area contributed by atoms with E-state index < -0.39 is 116 Å². The molecular formula is C38H61N7O12. The fraction of sp³-hybridized carbons (Fsp3) is 0.632. The summed E-state index contributed by atoms with van der Waals surface area (Å²) in [6, 6.07) is -0.962. The Morgan fingerprint density at radius 1 is 0.526 bits per heavy atom. The molecule has 6 amide bonds. The molecular weight excluding hydrogens is 746 g/mol. The van der Waals surface area contributed by atoms with E-state index in [-0.39, 0.29) is 43.4 Å². The fourth-order valence-corrected chi connectivity index (χ4v) is 5.61. The second-order valence-electron chi connectivity index (χ2n) is 15.2. The summed E-state index contributed by atoms with van der Waals surface area (Å²) in [6.45, 7) is 8.98. The lowest BCUT2D eigenvalue weighted by Gasteiger charge is -2.28. The minimum atomic E-state index is -1.56. The SMILES string of the molecule is CC(C)C[C@H](NC(=O)[C@H](Cc1ccccc1)NC(=O)[C@H](CC(C)C)NC(=O)[C@H](CCC(=O)O)NC(=O)[C@H](CC(C)C)NC(=O)[C@H](CO)NC(=O)[C@@H](N)CO)C(=O)O. The molecule has 19 heteroatoms. The molecule has 1 aromatic carbocycles. The number of rotatable bonds is 26. The summed E-state index contributed by atoms with van der Waals surface area (Å²) >= 11 is 0. The highest BCUT2D eigenvalue weighted by molar-refractivity contribution is 5.97. The fourth-order valence-electron chi connectivity index (χ4n) is 5.61. The molecule has 320 valence electrons. The Balaban J connectivity index is 3.39. The van der Waals surface area contributed by atoms with E-state index in [1.54, 1.807) is 71.9 Å². The van der Waals surface area contributed by atoms with Gasteiger partial charge in [0.25, 0.3) is 0 Å². The average Bonchev–Trinajstić information content (AvgIpc) is 3.13. The van der Waals surface area contributed by atoms with Gasteiger partial charge in [0, 0.05) is 12.8 Å². The van der Waals surface area contributed by atoms with Crippen molar-refractivity contribution in [3.63, 3.8) is 0 Å². The van der Waals surface area contributed by atoms with Crippen LogP contribution in [0, 0.1) is 17.8 Å². The number of hydrogen-bond donors (Lipinski definition) is 11. The molecule has 0 saturated heterocycles. The molecule has 0 aliphatic heterocycles. The number of carbonyl (C=O) groups excluding carboxylic acids is 6. The first kappa shape index (κ1) is 49.9. The van der Waals surface area contributed by atoms with Gasteiger partial charge >= 0.3 is 11.9 Å². The summed E-state index contributed by atoms with van der Waals surface area (Å²) < 4.78 is 0. The number of aliphatic carboxylic acids is 2. The average molecular weight is 808 g/mol. The van der Waals surface area contributed by atoms with E-state index in [0.29, 0.717) is 5.56 Å². The zero-order valence-corrected chi connectivity index (χ0v) is 33.4.